The Morgan fingerprint density at radius 3 is 2.59 bits per heavy atom. The van der Waals surface area contributed by atoms with Crippen LogP contribution in [0.2, 0.25) is 0 Å². The van der Waals surface area contributed by atoms with E-state index in [2.05, 4.69) is 15.9 Å². The number of halogens is 1. The first-order chi connectivity index (χ1) is 10.6. The molecule has 2 aromatic carbocycles. The second-order valence-corrected chi connectivity index (χ2v) is 5.88. The van der Waals surface area contributed by atoms with Crippen molar-refractivity contribution < 1.29 is 19.1 Å². The van der Waals surface area contributed by atoms with Crippen molar-refractivity contribution in [1.82, 2.24) is 0 Å². The summed E-state index contributed by atoms with van der Waals surface area (Å²) in [6.45, 7) is 0. The van der Waals surface area contributed by atoms with Gasteiger partial charge in [-0.3, -0.25) is 4.79 Å². The highest BCUT2D eigenvalue weighted by Gasteiger charge is 2.41. The number of carbonyl (C=O) groups is 2. The molecule has 0 fully saturated rings. The van der Waals surface area contributed by atoms with Gasteiger partial charge in [0.05, 0.1) is 12.7 Å². The number of ether oxygens (including phenoxy) is 2. The summed E-state index contributed by atoms with van der Waals surface area (Å²) in [5.74, 6) is -1.54. The van der Waals surface area contributed by atoms with Crippen molar-refractivity contribution in [2.24, 2.45) is 0 Å². The van der Waals surface area contributed by atoms with Crippen LogP contribution in [0.25, 0.3) is 0 Å². The standard InChI is InChI=1S/C17H13BrO4/c1-21-17(20)14-12-8-7-11(18)9-13(12)16(19)22-15(14)10-5-3-2-4-6-10/h2-9,14-15H,1H3/t14-,15+/m1/s1. The molecule has 0 bridgehead atoms. The van der Waals surface area contributed by atoms with Crippen LogP contribution in [-0.4, -0.2) is 19.0 Å². The lowest BCUT2D eigenvalue weighted by Gasteiger charge is -2.31. The first-order valence-electron chi connectivity index (χ1n) is 6.75. The summed E-state index contributed by atoms with van der Waals surface area (Å²) in [5.41, 5.74) is 1.77. The first kappa shape index (κ1) is 14.8. The van der Waals surface area contributed by atoms with E-state index >= 15 is 0 Å². The van der Waals surface area contributed by atoms with Gasteiger partial charge >= 0.3 is 11.9 Å². The molecule has 0 saturated carbocycles. The minimum Gasteiger partial charge on any atom is -0.468 e. The Bertz CT molecular complexity index is 727. The van der Waals surface area contributed by atoms with Crippen molar-refractivity contribution in [3.63, 3.8) is 0 Å². The third-order valence-electron chi connectivity index (χ3n) is 3.69. The van der Waals surface area contributed by atoms with Gasteiger partial charge in [-0.25, -0.2) is 4.79 Å². The molecule has 0 saturated heterocycles. The van der Waals surface area contributed by atoms with Crippen LogP contribution >= 0.6 is 15.9 Å². The molecule has 0 spiro atoms. The van der Waals surface area contributed by atoms with Crippen molar-refractivity contribution in [3.05, 3.63) is 69.7 Å². The highest BCUT2D eigenvalue weighted by molar-refractivity contribution is 9.10. The molecule has 3 rings (SSSR count). The molecular formula is C17H13BrO4. The Morgan fingerprint density at radius 1 is 1.18 bits per heavy atom. The maximum absolute atomic E-state index is 12.3. The number of rotatable bonds is 2. The zero-order chi connectivity index (χ0) is 15.7. The fourth-order valence-electron chi connectivity index (χ4n) is 2.67. The predicted octanol–water partition coefficient (Wildman–Crippen LogP) is 3.62. The molecule has 1 heterocycles. The van der Waals surface area contributed by atoms with Crippen LogP contribution in [0.15, 0.2) is 53.0 Å². The van der Waals surface area contributed by atoms with Gasteiger partial charge in [0.25, 0.3) is 0 Å². The van der Waals surface area contributed by atoms with E-state index < -0.39 is 24.0 Å². The lowest BCUT2D eigenvalue weighted by atomic mass is 9.84. The van der Waals surface area contributed by atoms with E-state index in [4.69, 9.17) is 9.47 Å². The predicted molar refractivity (Wildman–Crippen MR) is 83.5 cm³/mol. The van der Waals surface area contributed by atoms with Crippen LogP contribution in [0, 0.1) is 0 Å². The minimum absolute atomic E-state index is 0.386. The average Bonchev–Trinajstić information content (AvgIpc) is 2.55. The van der Waals surface area contributed by atoms with Gasteiger partial charge in [-0.1, -0.05) is 52.3 Å². The van der Waals surface area contributed by atoms with E-state index in [1.54, 1.807) is 18.2 Å². The van der Waals surface area contributed by atoms with Gasteiger partial charge in [-0.2, -0.15) is 0 Å². The number of esters is 2. The van der Waals surface area contributed by atoms with Crippen LogP contribution in [-0.2, 0) is 14.3 Å². The summed E-state index contributed by atoms with van der Waals surface area (Å²) in [7, 11) is 1.33. The lowest BCUT2D eigenvalue weighted by molar-refractivity contribution is -0.146. The first-order valence-corrected chi connectivity index (χ1v) is 7.54. The molecule has 1 aliphatic rings. The molecule has 22 heavy (non-hydrogen) atoms. The summed E-state index contributed by atoms with van der Waals surface area (Å²) >= 11 is 3.33. The molecule has 1 aliphatic heterocycles. The molecular weight excluding hydrogens is 348 g/mol. The Kier molecular flexibility index (Phi) is 3.98. The van der Waals surface area contributed by atoms with Gasteiger partial charge in [0.2, 0.25) is 0 Å². The topological polar surface area (TPSA) is 52.6 Å². The Hall–Kier alpha value is -2.14. The van der Waals surface area contributed by atoms with Crippen LogP contribution in [0.4, 0.5) is 0 Å². The molecule has 0 unspecified atom stereocenters. The zero-order valence-electron chi connectivity index (χ0n) is 11.8. The van der Waals surface area contributed by atoms with Gasteiger partial charge in [0.15, 0.2) is 0 Å². The van der Waals surface area contributed by atoms with Crippen molar-refractivity contribution in [2.75, 3.05) is 7.11 Å². The number of hydrogen-bond donors (Lipinski definition) is 0. The number of methoxy groups -OCH3 is 1. The molecule has 0 radical (unpaired) electrons. The van der Waals surface area contributed by atoms with Crippen LogP contribution in [0.1, 0.15) is 33.5 Å². The fraction of sp³-hybridized carbons (Fsp3) is 0.176. The van der Waals surface area contributed by atoms with Crippen molar-refractivity contribution >= 4 is 27.9 Å². The van der Waals surface area contributed by atoms with Crippen LogP contribution < -0.4 is 0 Å². The van der Waals surface area contributed by atoms with Gasteiger partial charge in [-0.05, 0) is 23.3 Å². The maximum Gasteiger partial charge on any atom is 0.339 e. The number of hydrogen-bond acceptors (Lipinski definition) is 4. The molecule has 112 valence electrons. The second kappa shape index (κ2) is 5.93. The van der Waals surface area contributed by atoms with Crippen molar-refractivity contribution in [2.45, 2.75) is 12.0 Å². The fourth-order valence-corrected chi connectivity index (χ4v) is 3.03. The zero-order valence-corrected chi connectivity index (χ0v) is 13.4. The molecule has 0 N–H and O–H groups in total. The maximum atomic E-state index is 12.3. The number of fused-ring (bicyclic) bond motifs is 1. The van der Waals surface area contributed by atoms with Crippen LogP contribution in [0.3, 0.4) is 0 Å². The third kappa shape index (κ3) is 2.52. The monoisotopic (exact) mass is 360 g/mol. The Morgan fingerprint density at radius 2 is 1.91 bits per heavy atom. The summed E-state index contributed by atoms with van der Waals surface area (Å²) in [6.07, 6.45) is -0.685. The average molecular weight is 361 g/mol. The lowest BCUT2D eigenvalue weighted by Crippen LogP contribution is -2.32. The Labute approximate surface area is 136 Å². The molecule has 5 heteroatoms. The summed E-state index contributed by atoms with van der Waals surface area (Å²) in [4.78, 5) is 24.6. The number of benzene rings is 2. The summed E-state index contributed by atoms with van der Waals surface area (Å²) in [6, 6.07) is 14.4. The molecule has 0 amide bonds. The van der Waals surface area contributed by atoms with E-state index in [1.165, 1.54) is 7.11 Å². The third-order valence-corrected chi connectivity index (χ3v) is 4.18. The molecule has 2 aromatic rings. The highest BCUT2D eigenvalue weighted by Crippen LogP contribution is 2.42. The quantitative estimate of drug-likeness (QED) is 0.767. The summed E-state index contributed by atoms with van der Waals surface area (Å²) in [5, 5.41) is 0. The number of carbonyl (C=O) groups excluding carboxylic acids is 2. The van der Waals surface area contributed by atoms with Crippen molar-refractivity contribution in [1.29, 1.82) is 0 Å². The van der Waals surface area contributed by atoms with Gasteiger partial charge in [-0.15, -0.1) is 0 Å². The van der Waals surface area contributed by atoms with Crippen LogP contribution in [0.5, 0.6) is 0 Å². The SMILES string of the molecule is COC(=O)[C@@H]1c2ccc(Br)cc2C(=O)O[C@H]1c1ccccc1. The van der Waals surface area contributed by atoms with E-state index in [0.29, 0.717) is 11.1 Å². The smallest absolute Gasteiger partial charge is 0.339 e. The molecule has 0 aliphatic carbocycles. The van der Waals surface area contributed by atoms with E-state index in [-0.39, 0.29) is 0 Å². The van der Waals surface area contributed by atoms with E-state index in [0.717, 1.165) is 10.0 Å². The molecule has 2 atom stereocenters. The van der Waals surface area contributed by atoms with E-state index in [9.17, 15) is 9.59 Å². The molecule has 0 aromatic heterocycles. The molecule has 4 nitrogen and oxygen atoms in total. The highest BCUT2D eigenvalue weighted by atomic mass is 79.9. The largest absolute Gasteiger partial charge is 0.468 e. The van der Waals surface area contributed by atoms with Gasteiger partial charge in [0.1, 0.15) is 12.0 Å². The van der Waals surface area contributed by atoms with E-state index in [1.807, 2.05) is 30.3 Å². The van der Waals surface area contributed by atoms with Gasteiger partial charge in [0, 0.05) is 4.47 Å². The normalized spacial score (nSPS) is 20.0. The second-order valence-electron chi connectivity index (χ2n) is 4.97. The minimum atomic E-state index is -0.685. The van der Waals surface area contributed by atoms with Gasteiger partial charge < -0.3 is 9.47 Å². The summed E-state index contributed by atoms with van der Waals surface area (Å²) < 4.78 is 11.2. The number of cyclic esters (lactones) is 1. The van der Waals surface area contributed by atoms with Crippen molar-refractivity contribution in [3.8, 4) is 0 Å². The Balaban J connectivity index is 2.15.